The molecule has 1 aliphatic heterocycles. The van der Waals surface area contributed by atoms with Gasteiger partial charge in [-0.3, -0.25) is 4.99 Å². The smallest absolute Gasteiger partial charge is 0.169 e. The van der Waals surface area contributed by atoms with Crippen LogP contribution in [0.2, 0.25) is 5.02 Å². The fraction of sp³-hybridized carbons (Fsp3) is 0.190. The van der Waals surface area contributed by atoms with E-state index in [-0.39, 0.29) is 6.42 Å². The molecule has 26 heavy (non-hydrogen) atoms. The molecule has 0 spiro atoms. The van der Waals surface area contributed by atoms with E-state index in [1.807, 2.05) is 37.3 Å². The highest BCUT2D eigenvalue weighted by molar-refractivity contribution is 6.30. The first-order valence-electron chi connectivity index (χ1n) is 8.44. The number of nitrogens with zero attached hydrogens (tertiary/aromatic N) is 2. The second-order valence-corrected chi connectivity index (χ2v) is 6.84. The zero-order valence-corrected chi connectivity index (χ0v) is 15.2. The summed E-state index contributed by atoms with van der Waals surface area (Å²) in [6.45, 7) is 3.98. The number of fused-ring (bicyclic) bond motifs is 3. The third-order valence-electron chi connectivity index (χ3n) is 4.69. The van der Waals surface area contributed by atoms with Crippen LogP contribution in [0.1, 0.15) is 40.6 Å². The molecular formula is C21H17ClN2O2. The first-order valence-corrected chi connectivity index (χ1v) is 8.82. The van der Waals surface area contributed by atoms with Crippen LogP contribution in [-0.2, 0) is 4.79 Å². The van der Waals surface area contributed by atoms with E-state index in [2.05, 4.69) is 24.2 Å². The third-order valence-corrected chi connectivity index (χ3v) is 4.94. The molecule has 2 heterocycles. The number of aromatic nitrogens is 1. The van der Waals surface area contributed by atoms with E-state index in [0.29, 0.717) is 10.8 Å². The van der Waals surface area contributed by atoms with Crippen molar-refractivity contribution < 1.29 is 9.32 Å². The Kier molecular flexibility index (Phi) is 4.21. The summed E-state index contributed by atoms with van der Waals surface area (Å²) in [6, 6.07) is 13.3. The highest BCUT2D eigenvalue weighted by atomic mass is 35.5. The van der Waals surface area contributed by atoms with Gasteiger partial charge in [-0.1, -0.05) is 47.1 Å². The summed E-state index contributed by atoms with van der Waals surface area (Å²) in [7, 11) is 0. The lowest BCUT2D eigenvalue weighted by atomic mass is 9.90. The van der Waals surface area contributed by atoms with Gasteiger partial charge in [0.2, 0.25) is 0 Å². The Labute approximate surface area is 156 Å². The van der Waals surface area contributed by atoms with Gasteiger partial charge in [-0.05, 0) is 37.1 Å². The zero-order chi connectivity index (χ0) is 18.3. The molecule has 0 N–H and O–H groups in total. The average Bonchev–Trinajstić information content (AvgIpc) is 2.94. The van der Waals surface area contributed by atoms with Crippen LogP contribution >= 0.6 is 11.6 Å². The first-order chi connectivity index (χ1) is 12.6. The number of hydrogen-bond donors (Lipinski definition) is 0. The van der Waals surface area contributed by atoms with Crippen LogP contribution in [0.3, 0.4) is 0 Å². The molecule has 0 fully saturated rings. The molecule has 0 radical (unpaired) electrons. The summed E-state index contributed by atoms with van der Waals surface area (Å²) in [4.78, 5) is 16.2. The summed E-state index contributed by atoms with van der Waals surface area (Å²) in [6.07, 6.45) is 1.11. The summed E-state index contributed by atoms with van der Waals surface area (Å²) in [5.41, 5.74) is 6.70. The molecule has 0 bridgehead atoms. The van der Waals surface area contributed by atoms with E-state index in [1.54, 1.807) is 0 Å². The molecule has 4 rings (SSSR count). The van der Waals surface area contributed by atoms with Gasteiger partial charge in [-0.25, -0.2) is 0 Å². The van der Waals surface area contributed by atoms with Crippen molar-refractivity contribution in [3.63, 3.8) is 0 Å². The fourth-order valence-corrected chi connectivity index (χ4v) is 3.62. The van der Waals surface area contributed by atoms with E-state index in [1.165, 1.54) is 0 Å². The maximum absolute atomic E-state index is 11.3. The van der Waals surface area contributed by atoms with Crippen molar-refractivity contribution in [2.24, 2.45) is 4.99 Å². The second-order valence-electron chi connectivity index (χ2n) is 6.41. The average molecular weight is 365 g/mol. The monoisotopic (exact) mass is 364 g/mol. The number of aldehydes is 1. The van der Waals surface area contributed by atoms with Gasteiger partial charge in [0.15, 0.2) is 5.76 Å². The Balaban J connectivity index is 2.05. The van der Waals surface area contributed by atoms with Gasteiger partial charge in [0.1, 0.15) is 12.3 Å². The minimum absolute atomic E-state index is 0.242. The number of hydrogen-bond acceptors (Lipinski definition) is 4. The highest BCUT2D eigenvalue weighted by Crippen LogP contribution is 2.41. The van der Waals surface area contributed by atoms with Gasteiger partial charge < -0.3 is 9.32 Å². The molecule has 4 nitrogen and oxygen atoms in total. The molecule has 0 amide bonds. The minimum Gasteiger partial charge on any atom is -0.358 e. The summed E-state index contributed by atoms with van der Waals surface area (Å²) in [5, 5.41) is 4.80. The first kappa shape index (κ1) is 16.7. The third kappa shape index (κ3) is 2.67. The van der Waals surface area contributed by atoms with Crippen LogP contribution in [0, 0.1) is 13.8 Å². The second kappa shape index (κ2) is 6.54. The number of benzene rings is 2. The van der Waals surface area contributed by atoms with Gasteiger partial charge >= 0.3 is 0 Å². The topological polar surface area (TPSA) is 55.5 Å². The number of carbonyl (C=O) groups excluding carboxylic acids is 1. The van der Waals surface area contributed by atoms with Crippen molar-refractivity contribution >= 4 is 23.6 Å². The van der Waals surface area contributed by atoms with E-state index in [4.69, 9.17) is 21.1 Å². The Morgan fingerprint density at radius 2 is 1.88 bits per heavy atom. The van der Waals surface area contributed by atoms with E-state index in [9.17, 15) is 4.79 Å². The molecule has 130 valence electrons. The van der Waals surface area contributed by atoms with Crippen LogP contribution in [0.5, 0.6) is 0 Å². The summed E-state index contributed by atoms with van der Waals surface area (Å²) >= 11 is 6.06. The van der Waals surface area contributed by atoms with Gasteiger partial charge in [-0.15, -0.1) is 0 Å². The predicted octanol–water partition coefficient (Wildman–Crippen LogP) is 5.09. The van der Waals surface area contributed by atoms with E-state index < -0.39 is 6.04 Å². The number of rotatable bonds is 3. The zero-order valence-electron chi connectivity index (χ0n) is 14.5. The lowest BCUT2D eigenvalue weighted by molar-refractivity contribution is -0.108. The van der Waals surface area contributed by atoms with Gasteiger partial charge in [0.25, 0.3) is 0 Å². The molecule has 3 aromatic rings. The molecule has 1 aliphatic rings. The van der Waals surface area contributed by atoms with Gasteiger partial charge in [0, 0.05) is 22.6 Å². The fourth-order valence-electron chi connectivity index (χ4n) is 3.49. The quantitative estimate of drug-likeness (QED) is 0.608. The molecule has 0 saturated heterocycles. The van der Waals surface area contributed by atoms with Crippen molar-refractivity contribution in [3.05, 3.63) is 75.6 Å². The Hall–Kier alpha value is -2.72. The Morgan fingerprint density at radius 1 is 1.12 bits per heavy atom. The maximum Gasteiger partial charge on any atom is 0.169 e. The number of aryl methyl sites for hydroxylation is 2. The number of halogens is 1. The molecule has 5 heteroatoms. The molecule has 0 unspecified atom stereocenters. The van der Waals surface area contributed by atoms with Crippen molar-refractivity contribution in [2.75, 3.05) is 0 Å². The Bertz CT molecular complexity index is 1020. The molecule has 0 aliphatic carbocycles. The lowest BCUT2D eigenvalue weighted by Crippen LogP contribution is -2.08. The van der Waals surface area contributed by atoms with Gasteiger partial charge in [0.05, 0.1) is 17.0 Å². The van der Waals surface area contributed by atoms with Crippen molar-refractivity contribution in [2.45, 2.75) is 26.3 Å². The molecule has 0 saturated carbocycles. The summed E-state index contributed by atoms with van der Waals surface area (Å²) < 4.78 is 5.59. The van der Waals surface area contributed by atoms with E-state index in [0.717, 1.165) is 45.5 Å². The van der Waals surface area contributed by atoms with E-state index >= 15 is 0 Å². The standard InChI is InChI=1S/C21H17ClN2O2/c1-12-4-3-5-16-18(12)20(14-6-8-15(22)9-7-14)23-17(10-11-25)21-19(16)13(2)24-26-21/h3-9,11,17H,10H2,1-2H3/t17-/m0/s1. The SMILES string of the molecule is Cc1cccc2c1C(c1ccc(Cl)cc1)=N[C@@H](CC=O)c1onc(C)c1-2. The molecule has 2 aromatic carbocycles. The largest absolute Gasteiger partial charge is 0.358 e. The van der Waals surface area contributed by atoms with Crippen LogP contribution in [0.25, 0.3) is 11.1 Å². The minimum atomic E-state index is -0.402. The molecular weight excluding hydrogens is 348 g/mol. The van der Waals surface area contributed by atoms with Crippen molar-refractivity contribution in [1.29, 1.82) is 0 Å². The number of carbonyl (C=O) groups is 1. The van der Waals surface area contributed by atoms with Crippen LogP contribution in [-0.4, -0.2) is 17.2 Å². The van der Waals surface area contributed by atoms with Crippen molar-refractivity contribution in [3.8, 4) is 11.1 Å². The van der Waals surface area contributed by atoms with Crippen LogP contribution in [0.4, 0.5) is 0 Å². The van der Waals surface area contributed by atoms with Crippen LogP contribution < -0.4 is 0 Å². The van der Waals surface area contributed by atoms with Crippen LogP contribution in [0.15, 0.2) is 52.0 Å². The summed E-state index contributed by atoms with van der Waals surface area (Å²) in [5.74, 6) is 0.644. The van der Waals surface area contributed by atoms with Crippen molar-refractivity contribution in [1.82, 2.24) is 5.16 Å². The van der Waals surface area contributed by atoms with Gasteiger partial charge in [-0.2, -0.15) is 0 Å². The number of aliphatic imine (C=N–C) groups is 1. The molecule has 1 atom stereocenters. The molecule has 1 aromatic heterocycles. The lowest BCUT2D eigenvalue weighted by Gasteiger charge is -2.14. The predicted molar refractivity (Wildman–Crippen MR) is 102 cm³/mol. The normalized spacial score (nSPS) is 15.7. The highest BCUT2D eigenvalue weighted by Gasteiger charge is 2.30. The Morgan fingerprint density at radius 3 is 2.62 bits per heavy atom. The maximum atomic E-state index is 11.3.